The maximum Gasteiger partial charge on any atom is 0.356 e. The first-order chi connectivity index (χ1) is 15.6. The van der Waals surface area contributed by atoms with Gasteiger partial charge in [0, 0.05) is 12.3 Å². The van der Waals surface area contributed by atoms with E-state index in [0.717, 1.165) is 30.6 Å². The van der Waals surface area contributed by atoms with Crippen LogP contribution in [0.5, 0.6) is 5.75 Å². The summed E-state index contributed by atoms with van der Waals surface area (Å²) in [6, 6.07) is 19.7. The molecule has 0 bridgehead atoms. The van der Waals surface area contributed by atoms with Gasteiger partial charge in [-0.15, -0.1) is 0 Å². The summed E-state index contributed by atoms with van der Waals surface area (Å²) < 4.78 is 7.41. The van der Waals surface area contributed by atoms with E-state index in [1.165, 1.54) is 41.1 Å². The normalized spacial score (nSPS) is 14.9. The SMILES string of the molecule is Nc1cc(C(=O)O)nn1/C=C(\Cc1ccc(OCc2ccccc2)cc1)C1CCCCC1. The number of carboxylic acids is 1. The molecule has 0 atom stereocenters. The van der Waals surface area contributed by atoms with Crippen LogP contribution in [0.4, 0.5) is 5.82 Å². The van der Waals surface area contributed by atoms with Gasteiger partial charge in [-0.05, 0) is 54.0 Å². The number of nitrogens with zero attached hydrogens (tertiary/aromatic N) is 2. The first-order valence-electron chi connectivity index (χ1n) is 11.1. The minimum atomic E-state index is -1.07. The summed E-state index contributed by atoms with van der Waals surface area (Å²) in [6.45, 7) is 0.540. The molecule has 3 N–H and O–H groups in total. The quantitative estimate of drug-likeness (QED) is 0.498. The molecule has 3 aromatic rings. The smallest absolute Gasteiger partial charge is 0.356 e. The van der Waals surface area contributed by atoms with Crippen LogP contribution in [0.3, 0.4) is 0 Å². The fourth-order valence-corrected chi connectivity index (χ4v) is 4.22. The summed E-state index contributed by atoms with van der Waals surface area (Å²) in [6.07, 6.45) is 8.66. The molecule has 166 valence electrons. The molecule has 0 unspecified atom stereocenters. The van der Waals surface area contributed by atoms with Crippen molar-refractivity contribution in [3.05, 3.63) is 83.1 Å². The fourth-order valence-electron chi connectivity index (χ4n) is 4.22. The van der Waals surface area contributed by atoms with E-state index in [-0.39, 0.29) is 5.69 Å². The van der Waals surface area contributed by atoms with Crippen molar-refractivity contribution in [3.8, 4) is 5.75 Å². The van der Waals surface area contributed by atoms with E-state index in [2.05, 4.69) is 17.2 Å². The lowest BCUT2D eigenvalue weighted by molar-refractivity contribution is 0.0690. The van der Waals surface area contributed by atoms with Gasteiger partial charge >= 0.3 is 5.97 Å². The summed E-state index contributed by atoms with van der Waals surface area (Å²) >= 11 is 0. The molecule has 1 aliphatic carbocycles. The number of anilines is 1. The molecule has 2 aromatic carbocycles. The number of carbonyl (C=O) groups is 1. The second-order valence-corrected chi connectivity index (χ2v) is 8.34. The molecular weight excluding hydrogens is 402 g/mol. The van der Waals surface area contributed by atoms with Crippen molar-refractivity contribution in [2.45, 2.75) is 45.1 Å². The predicted octanol–water partition coefficient (Wildman–Crippen LogP) is 5.41. The number of aromatic carboxylic acids is 1. The van der Waals surface area contributed by atoms with E-state index in [1.54, 1.807) is 0 Å². The van der Waals surface area contributed by atoms with Crippen LogP contribution in [-0.2, 0) is 13.0 Å². The lowest BCUT2D eigenvalue weighted by Crippen LogP contribution is -2.13. The van der Waals surface area contributed by atoms with Gasteiger partial charge in [-0.3, -0.25) is 0 Å². The number of aromatic nitrogens is 2. The molecule has 1 aliphatic rings. The average Bonchev–Trinajstić information content (AvgIpc) is 3.20. The zero-order chi connectivity index (χ0) is 22.3. The third kappa shape index (κ3) is 5.58. The van der Waals surface area contributed by atoms with Crippen molar-refractivity contribution >= 4 is 18.0 Å². The summed E-state index contributed by atoms with van der Waals surface area (Å²) in [4.78, 5) is 11.3. The van der Waals surface area contributed by atoms with Crippen molar-refractivity contribution in [3.63, 3.8) is 0 Å². The van der Waals surface area contributed by atoms with Crippen molar-refractivity contribution < 1.29 is 14.6 Å². The highest BCUT2D eigenvalue weighted by Gasteiger charge is 2.20. The summed E-state index contributed by atoms with van der Waals surface area (Å²) in [5.74, 6) is 0.549. The van der Waals surface area contributed by atoms with Gasteiger partial charge in [0.2, 0.25) is 0 Å². The van der Waals surface area contributed by atoms with Crippen LogP contribution in [0.1, 0.15) is 53.7 Å². The lowest BCUT2D eigenvalue weighted by Gasteiger charge is -2.25. The molecule has 1 saturated carbocycles. The van der Waals surface area contributed by atoms with Crippen LogP contribution < -0.4 is 10.5 Å². The van der Waals surface area contributed by atoms with Crippen LogP contribution >= 0.6 is 0 Å². The van der Waals surface area contributed by atoms with Gasteiger partial charge in [0.05, 0.1) is 0 Å². The molecule has 0 saturated heterocycles. The summed E-state index contributed by atoms with van der Waals surface area (Å²) in [5, 5.41) is 13.4. The molecule has 6 nitrogen and oxygen atoms in total. The highest BCUT2D eigenvalue weighted by Crippen LogP contribution is 2.32. The molecule has 1 fully saturated rings. The molecule has 4 rings (SSSR count). The third-order valence-electron chi connectivity index (χ3n) is 5.98. The number of nitrogens with two attached hydrogens (primary N) is 1. The summed E-state index contributed by atoms with van der Waals surface area (Å²) in [7, 11) is 0. The summed E-state index contributed by atoms with van der Waals surface area (Å²) in [5.41, 5.74) is 9.53. The van der Waals surface area contributed by atoms with Crippen molar-refractivity contribution in [1.29, 1.82) is 0 Å². The zero-order valence-corrected chi connectivity index (χ0v) is 18.1. The standard InChI is InChI=1S/C26H29N3O3/c27-25-16-24(26(30)31)28-29(25)17-22(21-9-5-2-6-10-21)15-19-11-13-23(14-12-19)32-18-20-7-3-1-4-8-20/h1,3-4,7-8,11-14,16-17,21H,2,5-6,9-10,15,18,27H2,(H,30,31)/b22-17+. The molecule has 1 aromatic heterocycles. The van der Waals surface area contributed by atoms with Crippen molar-refractivity contribution in [2.75, 3.05) is 5.73 Å². The Morgan fingerprint density at radius 2 is 1.78 bits per heavy atom. The van der Waals surface area contributed by atoms with Crippen LogP contribution in [0, 0.1) is 5.92 Å². The highest BCUT2D eigenvalue weighted by atomic mass is 16.5. The zero-order valence-electron chi connectivity index (χ0n) is 18.1. The Hall–Kier alpha value is -3.54. The Labute approximate surface area is 188 Å². The molecular formula is C26H29N3O3. The van der Waals surface area contributed by atoms with Gasteiger partial charge in [-0.25, -0.2) is 9.48 Å². The third-order valence-corrected chi connectivity index (χ3v) is 5.98. The van der Waals surface area contributed by atoms with Gasteiger partial charge in [0.25, 0.3) is 0 Å². The van der Waals surface area contributed by atoms with Gasteiger partial charge in [-0.1, -0.05) is 61.7 Å². The van der Waals surface area contributed by atoms with E-state index in [9.17, 15) is 9.90 Å². The van der Waals surface area contributed by atoms with Crippen molar-refractivity contribution in [2.24, 2.45) is 5.92 Å². The van der Waals surface area contributed by atoms with E-state index < -0.39 is 5.97 Å². The van der Waals surface area contributed by atoms with Gasteiger partial charge in [-0.2, -0.15) is 5.10 Å². The minimum Gasteiger partial charge on any atom is -0.489 e. The number of carboxylic acid groups (broad SMARTS) is 1. The van der Waals surface area contributed by atoms with E-state index >= 15 is 0 Å². The molecule has 6 heteroatoms. The van der Waals surface area contributed by atoms with Crippen LogP contribution in [0.25, 0.3) is 6.20 Å². The van der Waals surface area contributed by atoms with Gasteiger partial charge < -0.3 is 15.6 Å². The topological polar surface area (TPSA) is 90.4 Å². The maximum atomic E-state index is 11.3. The largest absolute Gasteiger partial charge is 0.489 e. The van der Waals surface area contributed by atoms with E-state index in [0.29, 0.717) is 18.3 Å². The van der Waals surface area contributed by atoms with Gasteiger partial charge in [0.15, 0.2) is 5.69 Å². The number of rotatable bonds is 8. The van der Waals surface area contributed by atoms with Gasteiger partial charge in [0.1, 0.15) is 18.2 Å². The Morgan fingerprint density at radius 1 is 1.06 bits per heavy atom. The number of nitrogen functional groups attached to an aromatic ring is 1. The number of ether oxygens (including phenoxy) is 1. The fraction of sp³-hybridized carbons (Fsp3) is 0.308. The number of hydrogen-bond acceptors (Lipinski definition) is 4. The van der Waals surface area contributed by atoms with Crippen LogP contribution in [0.2, 0.25) is 0 Å². The molecule has 0 amide bonds. The Kier molecular flexibility index (Phi) is 6.90. The second kappa shape index (κ2) is 10.2. The number of benzene rings is 2. The molecule has 32 heavy (non-hydrogen) atoms. The van der Waals surface area contributed by atoms with Crippen molar-refractivity contribution in [1.82, 2.24) is 9.78 Å². The highest BCUT2D eigenvalue weighted by molar-refractivity contribution is 5.86. The molecule has 0 spiro atoms. The minimum absolute atomic E-state index is 0.0401. The lowest BCUT2D eigenvalue weighted by atomic mass is 9.82. The predicted molar refractivity (Wildman–Crippen MR) is 125 cm³/mol. The molecule has 0 aliphatic heterocycles. The number of allylic oxidation sites excluding steroid dienone is 1. The Morgan fingerprint density at radius 3 is 2.44 bits per heavy atom. The first kappa shape index (κ1) is 21.7. The Bertz CT molecular complexity index is 1070. The van der Waals surface area contributed by atoms with E-state index in [1.807, 2.05) is 48.7 Å². The monoisotopic (exact) mass is 431 g/mol. The Balaban J connectivity index is 1.50. The van der Waals surface area contributed by atoms with E-state index in [4.69, 9.17) is 10.5 Å². The molecule has 1 heterocycles. The maximum absolute atomic E-state index is 11.3. The van der Waals surface area contributed by atoms with Crippen LogP contribution in [0.15, 0.2) is 66.2 Å². The average molecular weight is 432 g/mol. The molecule has 0 radical (unpaired) electrons. The van der Waals surface area contributed by atoms with Crippen LogP contribution in [-0.4, -0.2) is 20.9 Å². The number of hydrogen-bond donors (Lipinski definition) is 2. The first-order valence-corrected chi connectivity index (χ1v) is 11.1. The second-order valence-electron chi connectivity index (χ2n) is 8.34.